The summed E-state index contributed by atoms with van der Waals surface area (Å²) in [5.41, 5.74) is 6.25. The topological polar surface area (TPSA) is 35.2 Å². The van der Waals surface area contributed by atoms with Crippen molar-refractivity contribution in [2.45, 2.75) is 38.6 Å². The summed E-state index contributed by atoms with van der Waals surface area (Å²) in [6, 6.07) is 4.95. The zero-order valence-corrected chi connectivity index (χ0v) is 10.1. The normalized spacial score (nSPS) is 17.1. The molecule has 0 aliphatic heterocycles. The van der Waals surface area contributed by atoms with Crippen LogP contribution in [0, 0.1) is 11.7 Å². The first-order valence-corrected chi connectivity index (χ1v) is 6.41. The van der Waals surface area contributed by atoms with Crippen LogP contribution in [-0.2, 0) is 6.54 Å². The number of rotatable bonds is 4. The monoisotopic (exact) mass is 237 g/mol. The Balaban J connectivity index is 1.89. The van der Waals surface area contributed by atoms with Crippen LogP contribution in [0.4, 0.5) is 4.39 Å². The van der Waals surface area contributed by atoms with E-state index in [4.69, 9.17) is 10.5 Å². The number of halogens is 1. The number of benzene rings is 1. The molecule has 2 N–H and O–H groups in total. The van der Waals surface area contributed by atoms with Crippen molar-refractivity contribution in [3.63, 3.8) is 0 Å². The molecule has 0 spiro atoms. The Hall–Kier alpha value is -1.09. The number of hydrogen-bond acceptors (Lipinski definition) is 2. The van der Waals surface area contributed by atoms with Gasteiger partial charge in [-0.05, 0) is 36.5 Å². The van der Waals surface area contributed by atoms with Crippen LogP contribution in [0.2, 0.25) is 0 Å². The fourth-order valence-corrected chi connectivity index (χ4v) is 2.35. The van der Waals surface area contributed by atoms with Crippen LogP contribution in [0.1, 0.15) is 37.7 Å². The molecule has 1 aromatic rings. The largest absolute Gasteiger partial charge is 0.490 e. The van der Waals surface area contributed by atoms with Crippen LogP contribution in [0.15, 0.2) is 18.2 Å². The minimum absolute atomic E-state index is 0.302. The molecule has 0 heterocycles. The summed E-state index contributed by atoms with van der Waals surface area (Å²) in [5, 5.41) is 0. The van der Waals surface area contributed by atoms with E-state index in [0.29, 0.717) is 24.8 Å². The smallest absolute Gasteiger partial charge is 0.165 e. The van der Waals surface area contributed by atoms with Gasteiger partial charge in [0, 0.05) is 6.54 Å². The Kier molecular flexibility index (Phi) is 4.37. The highest BCUT2D eigenvalue weighted by atomic mass is 19.1. The molecule has 1 aliphatic carbocycles. The average Bonchev–Trinajstić information content (AvgIpc) is 2.38. The summed E-state index contributed by atoms with van der Waals surface area (Å²) in [6.45, 7) is 0.999. The SMILES string of the molecule is NCc1ccc(OCC2CCCCC2)c(F)c1. The summed E-state index contributed by atoms with van der Waals surface area (Å²) < 4.78 is 19.2. The van der Waals surface area contributed by atoms with Gasteiger partial charge in [0.15, 0.2) is 11.6 Å². The van der Waals surface area contributed by atoms with E-state index in [-0.39, 0.29) is 5.82 Å². The highest BCUT2D eigenvalue weighted by Crippen LogP contribution is 2.25. The maximum absolute atomic E-state index is 13.6. The molecular weight excluding hydrogens is 217 g/mol. The Morgan fingerprint density at radius 2 is 2.00 bits per heavy atom. The fraction of sp³-hybridized carbons (Fsp3) is 0.571. The van der Waals surface area contributed by atoms with Crippen molar-refractivity contribution < 1.29 is 9.13 Å². The average molecular weight is 237 g/mol. The predicted molar refractivity (Wildman–Crippen MR) is 66.4 cm³/mol. The first-order valence-electron chi connectivity index (χ1n) is 6.41. The van der Waals surface area contributed by atoms with E-state index in [1.54, 1.807) is 6.07 Å². The molecule has 0 bridgehead atoms. The Labute approximate surface area is 102 Å². The number of nitrogens with two attached hydrogens (primary N) is 1. The van der Waals surface area contributed by atoms with Gasteiger partial charge in [0.25, 0.3) is 0 Å². The quantitative estimate of drug-likeness (QED) is 0.872. The Bertz CT molecular complexity index is 361. The summed E-state index contributed by atoms with van der Waals surface area (Å²) >= 11 is 0. The first kappa shape index (κ1) is 12.4. The van der Waals surface area contributed by atoms with Gasteiger partial charge in [0.2, 0.25) is 0 Å². The standard InChI is InChI=1S/C14H20FNO/c15-13-8-12(9-16)6-7-14(13)17-10-11-4-2-1-3-5-11/h6-8,11H,1-5,9-10,16H2. The molecule has 0 radical (unpaired) electrons. The zero-order valence-electron chi connectivity index (χ0n) is 10.1. The fourth-order valence-electron chi connectivity index (χ4n) is 2.35. The van der Waals surface area contributed by atoms with E-state index in [1.165, 1.54) is 38.2 Å². The number of ether oxygens (including phenoxy) is 1. The van der Waals surface area contributed by atoms with Gasteiger partial charge in [-0.1, -0.05) is 25.3 Å². The van der Waals surface area contributed by atoms with E-state index in [9.17, 15) is 4.39 Å². The van der Waals surface area contributed by atoms with Crippen LogP contribution >= 0.6 is 0 Å². The van der Waals surface area contributed by atoms with Crippen molar-refractivity contribution in [2.24, 2.45) is 11.7 Å². The summed E-state index contributed by atoms with van der Waals surface area (Å²) in [7, 11) is 0. The van der Waals surface area contributed by atoms with Crippen molar-refractivity contribution >= 4 is 0 Å². The molecule has 3 heteroatoms. The van der Waals surface area contributed by atoms with Gasteiger partial charge in [-0.3, -0.25) is 0 Å². The molecule has 94 valence electrons. The van der Waals surface area contributed by atoms with Gasteiger partial charge in [-0.2, -0.15) is 0 Å². The Morgan fingerprint density at radius 3 is 2.65 bits per heavy atom. The van der Waals surface area contributed by atoms with Crippen molar-refractivity contribution in [1.29, 1.82) is 0 Å². The van der Waals surface area contributed by atoms with Gasteiger partial charge in [-0.15, -0.1) is 0 Å². The van der Waals surface area contributed by atoms with E-state index < -0.39 is 0 Å². The van der Waals surface area contributed by atoms with E-state index in [0.717, 1.165) is 5.56 Å². The van der Waals surface area contributed by atoms with Crippen LogP contribution in [0.25, 0.3) is 0 Å². The van der Waals surface area contributed by atoms with E-state index >= 15 is 0 Å². The molecule has 0 saturated heterocycles. The summed E-state index contributed by atoms with van der Waals surface area (Å²) in [4.78, 5) is 0. The molecule has 17 heavy (non-hydrogen) atoms. The molecule has 1 aromatic carbocycles. The third kappa shape index (κ3) is 3.43. The highest BCUT2D eigenvalue weighted by Gasteiger charge is 2.14. The highest BCUT2D eigenvalue weighted by molar-refractivity contribution is 5.29. The third-order valence-corrected chi connectivity index (χ3v) is 3.43. The molecule has 2 nitrogen and oxygen atoms in total. The lowest BCUT2D eigenvalue weighted by molar-refractivity contribution is 0.202. The maximum Gasteiger partial charge on any atom is 0.165 e. The van der Waals surface area contributed by atoms with Crippen molar-refractivity contribution in [3.05, 3.63) is 29.6 Å². The minimum atomic E-state index is -0.302. The molecule has 0 aromatic heterocycles. The molecule has 2 rings (SSSR count). The lowest BCUT2D eigenvalue weighted by Gasteiger charge is -2.21. The van der Waals surface area contributed by atoms with Gasteiger partial charge in [0.05, 0.1) is 6.61 Å². The third-order valence-electron chi connectivity index (χ3n) is 3.43. The molecule has 0 amide bonds. The van der Waals surface area contributed by atoms with Crippen molar-refractivity contribution in [1.82, 2.24) is 0 Å². The number of hydrogen-bond donors (Lipinski definition) is 1. The van der Waals surface area contributed by atoms with Crippen LogP contribution in [-0.4, -0.2) is 6.61 Å². The first-order chi connectivity index (χ1) is 8.29. The van der Waals surface area contributed by atoms with Crippen LogP contribution in [0.3, 0.4) is 0 Å². The molecule has 0 atom stereocenters. The van der Waals surface area contributed by atoms with Gasteiger partial charge in [-0.25, -0.2) is 4.39 Å². The van der Waals surface area contributed by atoms with Crippen LogP contribution < -0.4 is 10.5 Å². The maximum atomic E-state index is 13.6. The van der Waals surface area contributed by atoms with Gasteiger partial charge in [0.1, 0.15) is 0 Å². The van der Waals surface area contributed by atoms with Crippen molar-refractivity contribution in [2.75, 3.05) is 6.61 Å². The molecule has 0 unspecified atom stereocenters. The second-order valence-electron chi connectivity index (χ2n) is 4.78. The van der Waals surface area contributed by atoms with Gasteiger partial charge >= 0.3 is 0 Å². The van der Waals surface area contributed by atoms with E-state index in [2.05, 4.69) is 0 Å². The predicted octanol–water partition coefficient (Wildman–Crippen LogP) is 3.24. The molecule has 1 fully saturated rings. The lowest BCUT2D eigenvalue weighted by atomic mass is 9.90. The molecule has 1 saturated carbocycles. The molecule has 1 aliphatic rings. The van der Waals surface area contributed by atoms with Gasteiger partial charge < -0.3 is 10.5 Å². The Morgan fingerprint density at radius 1 is 1.24 bits per heavy atom. The summed E-state index contributed by atoms with van der Waals surface area (Å²) in [6.07, 6.45) is 6.31. The second-order valence-corrected chi connectivity index (χ2v) is 4.78. The lowest BCUT2D eigenvalue weighted by Crippen LogP contribution is -2.15. The minimum Gasteiger partial charge on any atom is -0.490 e. The second kappa shape index (κ2) is 6.01. The van der Waals surface area contributed by atoms with Crippen molar-refractivity contribution in [3.8, 4) is 5.75 Å². The summed E-state index contributed by atoms with van der Waals surface area (Å²) in [5.74, 6) is 0.647. The van der Waals surface area contributed by atoms with Crippen LogP contribution in [0.5, 0.6) is 5.75 Å². The zero-order chi connectivity index (χ0) is 12.1. The van der Waals surface area contributed by atoms with E-state index in [1.807, 2.05) is 6.07 Å². The molecular formula is C14H20FNO.